The lowest BCUT2D eigenvalue weighted by Crippen LogP contribution is -2.31. The maximum atomic E-state index is 13.2. The van der Waals surface area contributed by atoms with Gasteiger partial charge in [-0.05, 0) is 26.7 Å². The maximum Gasteiger partial charge on any atom is 0.319 e. The number of carbonyl (C=O) groups is 1. The Labute approximate surface area is 157 Å². The Balaban J connectivity index is 1.97. The summed E-state index contributed by atoms with van der Waals surface area (Å²) in [5.74, 6) is -0.250. The molecule has 2 heterocycles. The highest BCUT2D eigenvalue weighted by molar-refractivity contribution is 8.00. The molecule has 2 unspecified atom stereocenters. The number of nitrogens with zero attached hydrogens (tertiary/aromatic N) is 2. The number of esters is 1. The van der Waals surface area contributed by atoms with Crippen LogP contribution in [0.3, 0.4) is 0 Å². The SMILES string of the molecule is CCOC(=O)C(C)Sc1nc2c(c(=O)n1C1CCCCC1)SC(C)C2. The minimum atomic E-state index is -0.369. The summed E-state index contributed by atoms with van der Waals surface area (Å²) < 4.78 is 7.00. The van der Waals surface area contributed by atoms with Gasteiger partial charge >= 0.3 is 5.97 Å². The van der Waals surface area contributed by atoms with Crippen molar-refractivity contribution in [3.63, 3.8) is 0 Å². The fraction of sp³-hybridized carbons (Fsp3) is 0.722. The van der Waals surface area contributed by atoms with E-state index in [9.17, 15) is 9.59 Å². The van der Waals surface area contributed by atoms with E-state index in [0.717, 1.165) is 42.7 Å². The zero-order valence-corrected chi connectivity index (χ0v) is 16.8. The summed E-state index contributed by atoms with van der Waals surface area (Å²) in [5.41, 5.74) is 0.984. The van der Waals surface area contributed by atoms with Gasteiger partial charge in [-0.15, -0.1) is 11.8 Å². The minimum Gasteiger partial charge on any atom is -0.465 e. The summed E-state index contributed by atoms with van der Waals surface area (Å²) in [5, 5.41) is 0.704. The van der Waals surface area contributed by atoms with E-state index in [2.05, 4.69) is 6.92 Å². The molecular formula is C18H26N2O3S2. The van der Waals surface area contributed by atoms with Crippen molar-refractivity contribution in [1.29, 1.82) is 0 Å². The van der Waals surface area contributed by atoms with Gasteiger partial charge < -0.3 is 4.74 Å². The predicted molar refractivity (Wildman–Crippen MR) is 102 cm³/mol. The number of hydrogen-bond donors (Lipinski definition) is 0. The van der Waals surface area contributed by atoms with E-state index in [1.54, 1.807) is 18.7 Å². The first kappa shape index (κ1) is 18.8. The Bertz CT molecular complexity index is 698. The van der Waals surface area contributed by atoms with Crippen LogP contribution in [0.15, 0.2) is 14.8 Å². The second-order valence-corrected chi connectivity index (χ2v) is 9.54. The van der Waals surface area contributed by atoms with E-state index in [1.807, 2.05) is 11.5 Å². The molecule has 1 saturated carbocycles. The fourth-order valence-corrected chi connectivity index (χ4v) is 5.62. The first-order valence-electron chi connectivity index (χ1n) is 9.16. The van der Waals surface area contributed by atoms with Crippen molar-refractivity contribution in [2.45, 2.75) is 85.9 Å². The van der Waals surface area contributed by atoms with Crippen molar-refractivity contribution in [2.75, 3.05) is 6.61 Å². The van der Waals surface area contributed by atoms with E-state index < -0.39 is 0 Å². The summed E-state index contributed by atoms with van der Waals surface area (Å²) in [7, 11) is 0. The number of thioether (sulfide) groups is 2. The number of rotatable bonds is 5. The molecular weight excluding hydrogens is 356 g/mol. The van der Waals surface area contributed by atoms with Crippen LogP contribution in [0.2, 0.25) is 0 Å². The van der Waals surface area contributed by atoms with Crippen molar-refractivity contribution in [3.05, 3.63) is 16.0 Å². The zero-order chi connectivity index (χ0) is 18.0. The summed E-state index contributed by atoms with van der Waals surface area (Å²) in [6.07, 6.45) is 6.38. The molecule has 7 heteroatoms. The Morgan fingerprint density at radius 3 is 2.80 bits per heavy atom. The fourth-order valence-electron chi connectivity index (χ4n) is 3.52. The van der Waals surface area contributed by atoms with Crippen LogP contribution in [0.1, 0.15) is 64.6 Å². The third-order valence-corrected chi connectivity index (χ3v) is 7.01. The molecule has 0 radical (unpaired) electrons. The van der Waals surface area contributed by atoms with Crippen LogP contribution in [-0.2, 0) is 16.0 Å². The number of aromatic nitrogens is 2. The van der Waals surface area contributed by atoms with E-state index >= 15 is 0 Å². The monoisotopic (exact) mass is 382 g/mol. The van der Waals surface area contributed by atoms with Crippen molar-refractivity contribution in [1.82, 2.24) is 9.55 Å². The van der Waals surface area contributed by atoms with Crippen LogP contribution in [0.5, 0.6) is 0 Å². The molecule has 0 aromatic carbocycles. The number of carbonyl (C=O) groups excluding carboxylic acids is 1. The Hall–Kier alpha value is -0.950. The van der Waals surface area contributed by atoms with Gasteiger partial charge in [0.1, 0.15) is 5.25 Å². The van der Waals surface area contributed by atoms with Gasteiger partial charge in [0.05, 0.1) is 17.2 Å². The zero-order valence-electron chi connectivity index (χ0n) is 15.1. The summed E-state index contributed by atoms with van der Waals surface area (Å²) in [4.78, 5) is 30.9. The van der Waals surface area contributed by atoms with E-state index in [4.69, 9.17) is 9.72 Å². The lowest BCUT2D eigenvalue weighted by atomic mass is 9.95. The lowest BCUT2D eigenvalue weighted by Gasteiger charge is -2.27. The van der Waals surface area contributed by atoms with Crippen LogP contribution in [0.25, 0.3) is 0 Å². The molecule has 0 N–H and O–H groups in total. The van der Waals surface area contributed by atoms with E-state index in [-0.39, 0.29) is 22.8 Å². The van der Waals surface area contributed by atoms with Crippen LogP contribution < -0.4 is 5.56 Å². The van der Waals surface area contributed by atoms with Gasteiger partial charge in [0, 0.05) is 17.7 Å². The third-order valence-electron chi connectivity index (χ3n) is 4.75. The molecule has 1 aliphatic carbocycles. The predicted octanol–water partition coefficient (Wildman–Crippen LogP) is 3.83. The molecule has 1 aromatic heterocycles. The average molecular weight is 383 g/mol. The molecule has 138 valence electrons. The summed E-state index contributed by atoms with van der Waals surface area (Å²) in [6, 6.07) is 0.201. The van der Waals surface area contributed by atoms with Crippen molar-refractivity contribution >= 4 is 29.5 Å². The molecule has 2 atom stereocenters. The molecule has 3 rings (SSSR count). The Morgan fingerprint density at radius 1 is 1.40 bits per heavy atom. The molecule has 1 aliphatic heterocycles. The van der Waals surface area contributed by atoms with Crippen molar-refractivity contribution in [2.24, 2.45) is 0 Å². The van der Waals surface area contributed by atoms with Crippen molar-refractivity contribution in [3.8, 4) is 0 Å². The summed E-state index contributed by atoms with van der Waals surface area (Å²) >= 11 is 3.00. The smallest absolute Gasteiger partial charge is 0.319 e. The van der Waals surface area contributed by atoms with E-state index in [1.165, 1.54) is 18.2 Å². The molecule has 5 nitrogen and oxygen atoms in total. The lowest BCUT2D eigenvalue weighted by molar-refractivity contribution is -0.142. The molecule has 1 aromatic rings. The average Bonchev–Trinajstić information content (AvgIpc) is 2.97. The Morgan fingerprint density at radius 2 is 2.12 bits per heavy atom. The normalized spacial score (nSPS) is 21.8. The molecule has 0 saturated heterocycles. The topological polar surface area (TPSA) is 61.2 Å². The number of fused-ring (bicyclic) bond motifs is 1. The minimum absolute atomic E-state index is 0.0878. The quantitative estimate of drug-likeness (QED) is 0.438. The molecule has 2 aliphatic rings. The van der Waals surface area contributed by atoms with Gasteiger partial charge in [-0.1, -0.05) is 37.9 Å². The van der Waals surface area contributed by atoms with Gasteiger partial charge in [-0.2, -0.15) is 0 Å². The highest BCUT2D eigenvalue weighted by Gasteiger charge is 2.30. The largest absolute Gasteiger partial charge is 0.465 e. The molecule has 0 bridgehead atoms. The molecule has 1 fully saturated rings. The maximum absolute atomic E-state index is 13.2. The standard InChI is InChI=1S/C18H26N2O3S2/c1-4-23-17(22)12(3)25-18-19-14-10-11(2)24-15(14)16(21)20(18)13-8-6-5-7-9-13/h11-13H,4-10H2,1-3H3. The number of hydrogen-bond acceptors (Lipinski definition) is 6. The number of ether oxygens (including phenoxy) is 1. The molecule has 25 heavy (non-hydrogen) atoms. The van der Waals surface area contributed by atoms with Gasteiger partial charge in [0.25, 0.3) is 5.56 Å². The highest BCUT2D eigenvalue weighted by atomic mass is 32.2. The van der Waals surface area contributed by atoms with Crippen LogP contribution >= 0.6 is 23.5 Å². The summed E-state index contributed by atoms with van der Waals surface area (Å²) in [6.45, 7) is 6.12. The van der Waals surface area contributed by atoms with E-state index in [0.29, 0.717) is 17.0 Å². The second kappa shape index (κ2) is 8.16. The first-order valence-corrected chi connectivity index (χ1v) is 10.9. The van der Waals surface area contributed by atoms with Gasteiger partial charge in [0.2, 0.25) is 0 Å². The van der Waals surface area contributed by atoms with Gasteiger partial charge in [-0.25, -0.2) is 4.98 Å². The third kappa shape index (κ3) is 4.08. The van der Waals surface area contributed by atoms with Gasteiger partial charge in [-0.3, -0.25) is 14.2 Å². The van der Waals surface area contributed by atoms with Crippen LogP contribution in [0.4, 0.5) is 0 Å². The van der Waals surface area contributed by atoms with Crippen LogP contribution in [-0.4, -0.2) is 32.6 Å². The van der Waals surface area contributed by atoms with Gasteiger partial charge in [0.15, 0.2) is 5.16 Å². The van der Waals surface area contributed by atoms with Crippen LogP contribution in [0, 0.1) is 0 Å². The molecule has 0 spiro atoms. The van der Waals surface area contributed by atoms with Crippen molar-refractivity contribution < 1.29 is 9.53 Å². The molecule has 0 amide bonds. The Kier molecular flexibility index (Phi) is 6.15. The second-order valence-electron chi connectivity index (χ2n) is 6.78. The first-order chi connectivity index (χ1) is 12.0. The highest BCUT2D eigenvalue weighted by Crippen LogP contribution is 2.37.